The Morgan fingerprint density at radius 3 is 2.46 bits per heavy atom. The van der Waals surface area contributed by atoms with E-state index in [0.717, 1.165) is 28.0 Å². The summed E-state index contributed by atoms with van der Waals surface area (Å²) in [7, 11) is 3.24. The number of hydrazine groups is 1. The van der Waals surface area contributed by atoms with Crippen LogP contribution in [0.15, 0.2) is 36.4 Å². The Kier molecular flexibility index (Phi) is 4.36. The quantitative estimate of drug-likeness (QED) is 0.805. The van der Waals surface area contributed by atoms with Gasteiger partial charge in [-0.05, 0) is 54.8 Å². The topological polar surface area (TPSA) is 62.8 Å². The molecule has 2 aromatic rings. The molecule has 1 aliphatic heterocycles. The van der Waals surface area contributed by atoms with E-state index in [1.54, 1.807) is 14.2 Å². The summed E-state index contributed by atoms with van der Waals surface area (Å²) in [6.07, 6.45) is 2.05. The van der Waals surface area contributed by atoms with Crippen molar-refractivity contribution in [2.45, 2.75) is 19.9 Å². The normalized spacial score (nSPS) is 16.5. The number of nitrogens with one attached hydrogen (secondary N) is 2. The standard InChI is InChI=1S/C19H22N2O3/c1-11-7-12(2)19(22)14(8-11)16-10-15(20-21-16)13-5-6-17(23-3)18(9-13)24-4/h5-10,15,20-22H,1-4H3/t15-/m0/s1. The van der Waals surface area contributed by atoms with Gasteiger partial charge >= 0.3 is 0 Å². The molecule has 0 saturated heterocycles. The maximum Gasteiger partial charge on any atom is 0.161 e. The molecule has 5 heteroatoms. The second-order valence-electron chi connectivity index (χ2n) is 5.92. The predicted molar refractivity (Wildman–Crippen MR) is 94.1 cm³/mol. The second-order valence-corrected chi connectivity index (χ2v) is 5.92. The molecular formula is C19H22N2O3. The largest absolute Gasteiger partial charge is 0.507 e. The van der Waals surface area contributed by atoms with Gasteiger partial charge in [0.15, 0.2) is 11.5 Å². The van der Waals surface area contributed by atoms with Crippen LogP contribution in [0.4, 0.5) is 0 Å². The predicted octanol–water partition coefficient (Wildman–Crippen LogP) is 3.22. The van der Waals surface area contributed by atoms with Crippen molar-refractivity contribution in [3.05, 3.63) is 58.7 Å². The molecule has 0 radical (unpaired) electrons. The first-order valence-electron chi connectivity index (χ1n) is 7.79. The molecule has 5 nitrogen and oxygen atoms in total. The monoisotopic (exact) mass is 326 g/mol. The lowest BCUT2D eigenvalue weighted by Gasteiger charge is -2.13. The van der Waals surface area contributed by atoms with E-state index in [1.165, 1.54) is 0 Å². The highest BCUT2D eigenvalue weighted by atomic mass is 16.5. The van der Waals surface area contributed by atoms with Crippen LogP contribution in [-0.4, -0.2) is 19.3 Å². The summed E-state index contributed by atoms with van der Waals surface area (Å²) in [5.41, 5.74) is 11.1. The average Bonchev–Trinajstić information content (AvgIpc) is 3.07. The Hall–Kier alpha value is -2.66. The highest BCUT2D eigenvalue weighted by molar-refractivity contribution is 5.72. The van der Waals surface area contributed by atoms with Crippen LogP contribution < -0.4 is 20.3 Å². The lowest BCUT2D eigenvalue weighted by molar-refractivity contribution is 0.354. The Labute approximate surface area is 141 Å². The van der Waals surface area contributed by atoms with Gasteiger partial charge in [0.05, 0.1) is 26.0 Å². The van der Waals surface area contributed by atoms with Crippen LogP contribution in [0.5, 0.6) is 17.2 Å². The molecular weight excluding hydrogens is 304 g/mol. The summed E-state index contributed by atoms with van der Waals surface area (Å²) >= 11 is 0. The smallest absolute Gasteiger partial charge is 0.161 e. The molecule has 0 spiro atoms. The van der Waals surface area contributed by atoms with Gasteiger partial charge in [0.2, 0.25) is 0 Å². The number of ether oxygens (including phenoxy) is 2. The number of aromatic hydroxyl groups is 1. The molecule has 2 aromatic carbocycles. The number of hydrogen-bond donors (Lipinski definition) is 3. The maximum absolute atomic E-state index is 10.3. The molecule has 0 bridgehead atoms. The van der Waals surface area contributed by atoms with Crippen LogP contribution in [0.1, 0.15) is 28.3 Å². The minimum atomic E-state index is -0.0278. The lowest BCUT2D eigenvalue weighted by Crippen LogP contribution is -2.26. The van der Waals surface area contributed by atoms with Crippen LogP contribution in [-0.2, 0) is 0 Å². The van der Waals surface area contributed by atoms with Crippen LogP contribution in [0, 0.1) is 13.8 Å². The number of methoxy groups -OCH3 is 2. The fourth-order valence-corrected chi connectivity index (χ4v) is 2.95. The molecule has 0 aliphatic carbocycles. The highest BCUT2D eigenvalue weighted by Gasteiger charge is 2.21. The first-order chi connectivity index (χ1) is 11.5. The molecule has 126 valence electrons. The van der Waals surface area contributed by atoms with Crippen molar-refractivity contribution in [3.63, 3.8) is 0 Å². The van der Waals surface area contributed by atoms with Crippen molar-refractivity contribution < 1.29 is 14.6 Å². The van der Waals surface area contributed by atoms with E-state index in [4.69, 9.17) is 9.47 Å². The van der Waals surface area contributed by atoms with Crippen molar-refractivity contribution in [3.8, 4) is 17.2 Å². The van der Waals surface area contributed by atoms with E-state index in [-0.39, 0.29) is 6.04 Å². The van der Waals surface area contributed by atoms with E-state index in [2.05, 4.69) is 16.9 Å². The molecule has 1 atom stereocenters. The molecule has 3 rings (SSSR count). The van der Waals surface area contributed by atoms with Crippen LogP contribution >= 0.6 is 0 Å². The number of phenolic OH excluding ortho intramolecular Hbond substituents is 1. The van der Waals surface area contributed by atoms with Crippen molar-refractivity contribution in [2.75, 3.05) is 14.2 Å². The van der Waals surface area contributed by atoms with Gasteiger partial charge in [0, 0.05) is 5.56 Å². The van der Waals surface area contributed by atoms with E-state index in [0.29, 0.717) is 17.2 Å². The van der Waals surface area contributed by atoms with Crippen molar-refractivity contribution >= 4 is 5.70 Å². The summed E-state index contributed by atoms with van der Waals surface area (Å²) < 4.78 is 10.6. The summed E-state index contributed by atoms with van der Waals surface area (Å²) in [5, 5.41) is 10.3. The SMILES string of the molecule is COc1ccc([C@@H]2C=C(c3cc(C)cc(C)c3O)NN2)cc1OC. The highest BCUT2D eigenvalue weighted by Crippen LogP contribution is 2.35. The third-order valence-electron chi connectivity index (χ3n) is 4.20. The molecule has 0 aromatic heterocycles. The molecule has 1 heterocycles. The number of hydrogen-bond acceptors (Lipinski definition) is 5. The number of rotatable bonds is 4. The molecule has 0 amide bonds. The Morgan fingerprint density at radius 2 is 1.75 bits per heavy atom. The van der Waals surface area contributed by atoms with Crippen molar-refractivity contribution in [2.24, 2.45) is 0 Å². The molecule has 0 fully saturated rings. The van der Waals surface area contributed by atoms with Gasteiger partial charge in [-0.2, -0.15) is 0 Å². The fraction of sp³-hybridized carbons (Fsp3) is 0.263. The summed E-state index contributed by atoms with van der Waals surface area (Å²) in [5.74, 6) is 1.69. The zero-order valence-electron chi connectivity index (χ0n) is 14.3. The van der Waals surface area contributed by atoms with Gasteiger partial charge in [0.1, 0.15) is 5.75 Å². The van der Waals surface area contributed by atoms with Gasteiger partial charge in [-0.1, -0.05) is 12.1 Å². The Balaban J connectivity index is 1.94. The van der Waals surface area contributed by atoms with Gasteiger partial charge < -0.3 is 20.0 Å². The third kappa shape index (κ3) is 2.90. The van der Waals surface area contributed by atoms with E-state index in [9.17, 15) is 5.11 Å². The zero-order valence-corrected chi connectivity index (χ0v) is 14.3. The molecule has 0 saturated carbocycles. The molecule has 3 N–H and O–H groups in total. The summed E-state index contributed by atoms with van der Waals surface area (Å²) in [4.78, 5) is 0. The molecule has 1 aliphatic rings. The minimum Gasteiger partial charge on any atom is -0.507 e. The van der Waals surface area contributed by atoms with Crippen molar-refractivity contribution in [1.29, 1.82) is 0 Å². The van der Waals surface area contributed by atoms with Gasteiger partial charge in [-0.15, -0.1) is 0 Å². The van der Waals surface area contributed by atoms with E-state index < -0.39 is 0 Å². The lowest BCUT2D eigenvalue weighted by atomic mass is 10.0. The maximum atomic E-state index is 10.3. The third-order valence-corrected chi connectivity index (χ3v) is 4.20. The summed E-state index contributed by atoms with van der Waals surface area (Å²) in [6.45, 7) is 3.92. The fourth-order valence-electron chi connectivity index (χ4n) is 2.95. The number of phenols is 1. The number of benzene rings is 2. The van der Waals surface area contributed by atoms with E-state index in [1.807, 2.05) is 44.2 Å². The van der Waals surface area contributed by atoms with Crippen LogP contribution in [0.25, 0.3) is 5.70 Å². The Bertz CT molecular complexity index is 799. The molecule has 24 heavy (non-hydrogen) atoms. The van der Waals surface area contributed by atoms with Gasteiger partial charge in [-0.25, -0.2) is 5.43 Å². The zero-order chi connectivity index (χ0) is 17.3. The van der Waals surface area contributed by atoms with Crippen LogP contribution in [0.2, 0.25) is 0 Å². The van der Waals surface area contributed by atoms with Gasteiger partial charge in [0.25, 0.3) is 0 Å². The molecule has 0 unspecified atom stereocenters. The first-order valence-corrected chi connectivity index (χ1v) is 7.79. The Morgan fingerprint density at radius 1 is 1.00 bits per heavy atom. The minimum absolute atomic E-state index is 0.0278. The second kappa shape index (κ2) is 6.45. The number of aryl methyl sites for hydroxylation is 2. The van der Waals surface area contributed by atoms with Gasteiger partial charge in [-0.3, -0.25) is 0 Å². The van der Waals surface area contributed by atoms with E-state index >= 15 is 0 Å². The first kappa shape index (κ1) is 16.2. The van der Waals surface area contributed by atoms with Crippen molar-refractivity contribution in [1.82, 2.24) is 10.9 Å². The summed E-state index contributed by atoms with van der Waals surface area (Å²) in [6, 6.07) is 9.73. The van der Waals surface area contributed by atoms with Crippen LogP contribution in [0.3, 0.4) is 0 Å². The average molecular weight is 326 g/mol.